The molecular weight excluding hydrogens is 434 g/mol. The maximum absolute atomic E-state index is 13.4. The molecule has 0 aliphatic carbocycles. The molecule has 0 saturated heterocycles. The highest BCUT2D eigenvalue weighted by Crippen LogP contribution is 2.20. The molecular formula is C18H20FIN4O. The number of fused-ring (bicyclic) bond motifs is 1. The van der Waals surface area contributed by atoms with Crippen LogP contribution in [0.5, 0.6) is 5.75 Å². The number of anilines is 1. The number of rotatable bonds is 5. The van der Waals surface area contributed by atoms with E-state index in [9.17, 15) is 4.39 Å². The van der Waals surface area contributed by atoms with Gasteiger partial charge < -0.3 is 20.8 Å². The molecule has 2 aromatic carbocycles. The molecule has 0 aliphatic heterocycles. The van der Waals surface area contributed by atoms with Crippen molar-refractivity contribution in [3.8, 4) is 5.75 Å². The Bertz CT molecular complexity index is 878. The number of methoxy groups -OCH3 is 1. The maximum Gasteiger partial charge on any atom is 0.193 e. The van der Waals surface area contributed by atoms with Crippen LogP contribution < -0.4 is 15.8 Å². The van der Waals surface area contributed by atoms with E-state index in [4.69, 9.17) is 10.5 Å². The number of H-pyrrole nitrogens is 1. The summed E-state index contributed by atoms with van der Waals surface area (Å²) < 4.78 is 18.5. The number of benzene rings is 2. The van der Waals surface area contributed by atoms with Gasteiger partial charge in [-0.3, -0.25) is 4.99 Å². The van der Waals surface area contributed by atoms with Crippen LogP contribution in [-0.2, 0) is 6.42 Å². The van der Waals surface area contributed by atoms with Crippen molar-refractivity contribution in [2.45, 2.75) is 6.42 Å². The lowest BCUT2D eigenvalue weighted by Crippen LogP contribution is -2.23. The van der Waals surface area contributed by atoms with E-state index in [0.717, 1.165) is 27.9 Å². The Morgan fingerprint density at radius 3 is 2.92 bits per heavy atom. The first kappa shape index (κ1) is 19.0. The Labute approximate surface area is 162 Å². The van der Waals surface area contributed by atoms with E-state index < -0.39 is 0 Å². The molecule has 25 heavy (non-hydrogen) atoms. The SMILES string of the molecule is COc1cccc(NC(N)=NCCc2c[nH]c3ccc(F)cc23)c1.I. The van der Waals surface area contributed by atoms with Gasteiger partial charge in [0.15, 0.2) is 5.96 Å². The fraction of sp³-hybridized carbons (Fsp3) is 0.167. The summed E-state index contributed by atoms with van der Waals surface area (Å²) in [6, 6.07) is 12.2. The van der Waals surface area contributed by atoms with Crippen LogP contribution in [0.4, 0.5) is 10.1 Å². The molecule has 1 heterocycles. The molecule has 0 bridgehead atoms. The van der Waals surface area contributed by atoms with Gasteiger partial charge in [-0.05, 0) is 42.3 Å². The number of aromatic amines is 1. The number of nitrogens with two attached hydrogens (primary N) is 1. The van der Waals surface area contributed by atoms with E-state index >= 15 is 0 Å². The van der Waals surface area contributed by atoms with E-state index in [0.29, 0.717) is 18.9 Å². The third-order valence-electron chi connectivity index (χ3n) is 3.73. The smallest absolute Gasteiger partial charge is 0.193 e. The lowest BCUT2D eigenvalue weighted by Gasteiger charge is -2.07. The zero-order valence-corrected chi connectivity index (χ0v) is 16.1. The molecule has 3 aromatic rings. The molecule has 5 nitrogen and oxygen atoms in total. The van der Waals surface area contributed by atoms with Crippen molar-refractivity contribution in [1.29, 1.82) is 0 Å². The summed E-state index contributed by atoms with van der Waals surface area (Å²) in [7, 11) is 1.61. The molecule has 0 radical (unpaired) electrons. The Kier molecular flexibility index (Phi) is 6.63. The lowest BCUT2D eigenvalue weighted by molar-refractivity contribution is 0.415. The number of guanidine groups is 1. The van der Waals surface area contributed by atoms with Crippen LogP contribution in [0.3, 0.4) is 0 Å². The Morgan fingerprint density at radius 2 is 2.12 bits per heavy atom. The molecule has 0 unspecified atom stereocenters. The Morgan fingerprint density at radius 1 is 1.28 bits per heavy atom. The molecule has 3 rings (SSSR count). The van der Waals surface area contributed by atoms with Crippen LogP contribution >= 0.6 is 24.0 Å². The van der Waals surface area contributed by atoms with Crippen molar-refractivity contribution in [2.75, 3.05) is 19.0 Å². The number of nitrogens with one attached hydrogen (secondary N) is 2. The molecule has 0 spiro atoms. The molecule has 0 aliphatic rings. The average Bonchev–Trinajstić information content (AvgIpc) is 2.97. The van der Waals surface area contributed by atoms with Gasteiger partial charge in [-0.1, -0.05) is 6.07 Å². The first-order chi connectivity index (χ1) is 11.7. The second-order valence-corrected chi connectivity index (χ2v) is 5.38. The standard InChI is InChI=1S/C18H19FN4O.HI/c1-24-15-4-2-3-14(10-15)23-18(20)21-8-7-12-11-22-17-6-5-13(19)9-16(12)17;/h2-6,9-11,22H,7-8H2,1H3,(H3,20,21,23);1H. The van der Waals surface area contributed by atoms with E-state index in [1.54, 1.807) is 13.2 Å². The minimum atomic E-state index is -0.244. The first-order valence-corrected chi connectivity index (χ1v) is 7.62. The van der Waals surface area contributed by atoms with E-state index in [-0.39, 0.29) is 29.8 Å². The predicted octanol–water partition coefficient (Wildman–Crippen LogP) is 3.90. The van der Waals surface area contributed by atoms with Gasteiger partial charge in [-0.2, -0.15) is 0 Å². The summed E-state index contributed by atoms with van der Waals surface area (Å²) >= 11 is 0. The summed E-state index contributed by atoms with van der Waals surface area (Å²) in [6.45, 7) is 0.506. The van der Waals surface area contributed by atoms with E-state index in [1.807, 2.05) is 30.5 Å². The third-order valence-corrected chi connectivity index (χ3v) is 3.73. The fourth-order valence-electron chi connectivity index (χ4n) is 2.54. The zero-order valence-electron chi connectivity index (χ0n) is 13.8. The van der Waals surface area contributed by atoms with Crippen LogP contribution in [0.25, 0.3) is 10.9 Å². The first-order valence-electron chi connectivity index (χ1n) is 7.62. The molecule has 0 atom stereocenters. The summed E-state index contributed by atoms with van der Waals surface area (Å²) in [5.74, 6) is 0.828. The van der Waals surface area contributed by atoms with E-state index in [1.165, 1.54) is 12.1 Å². The lowest BCUT2D eigenvalue weighted by atomic mass is 10.1. The zero-order chi connectivity index (χ0) is 16.9. The van der Waals surface area contributed by atoms with Crippen molar-refractivity contribution >= 4 is 46.5 Å². The maximum atomic E-state index is 13.4. The summed E-state index contributed by atoms with van der Waals surface area (Å²) in [4.78, 5) is 7.44. The van der Waals surface area contributed by atoms with Gasteiger partial charge in [0, 0.05) is 35.4 Å². The quantitative estimate of drug-likeness (QED) is 0.311. The van der Waals surface area contributed by atoms with E-state index in [2.05, 4.69) is 15.3 Å². The molecule has 0 fully saturated rings. The average molecular weight is 454 g/mol. The highest BCUT2D eigenvalue weighted by Gasteiger charge is 2.04. The Hall–Kier alpha value is -2.29. The van der Waals surface area contributed by atoms with Gasteiger partial charge in [0.2, 0.25) is 0 Å². The third kappa shape index (κ3) is 4.85. The largest absolute Gasteiger partial charge is 0.497 e. The van der Waals surface area contributed by atoms with Crippen LogP contribution in [0.15, 0.2) is 53.7 Å². The van der Waals surface area contributed by atoms with Crippen LogP contribution in [0.1, 0.15) is 5.56 Å². The summed E-state index contributed by atoms with van der Waals surface area (Å²) in [6.07, 6.45) is 2.55. The Balaban J connectivity index is 0.00000225. The van der Waals surface area contributed by atoms with Gasteiger partial charge >= 0.3 is 0 Å². The second-order valence-electron chi connectivity index (χ2n) is 5.38. The van der Waals surface area contributed by atoms with Gasteiger partial charge in [0.1, 0.15) is 11.6 Å². The van der Waals surface area contributed by atoms with Gasteiger partial charge in [-0.25, -0.2) is 4.39 Å². The molecule has 0 amide bonds. The number of aliphatic imine (C=N–C) groups is 1. The number of hydrogen-bond donors (Lipinski definition) is 3. The second kappa shape index (κ2) is 8.70. The van der Waals surface area contributed by atoms with Crippen molar-refractivity contribution in [3.05, 3.63) is 60.0 Å². The van der Waals surface area contributed by atoms with Crippen molar-refractivity contribution in [1.82, 2.24) is 4.98 Å². The number of hydrogen-bond acceptors (Lipinski definition) is 2. The monoisotopic (exact) mass is 454 g/mol. The number of ether oxygens (including phenoxy) is 1. The van der Waals surface area contributed by atoms with Crippen LogP contribution in [0, 0.1) is 5.82 Å². The topological polar surface area (TPSA) is 75.4 Å². The predicted molar refractivity (Wildman–Crippen MR) is 110 cm³/mol. The normalized spacial score (nSPS) is 11.2. The highest BCUT2D eigenvalue weighted by molar-refractivity contribution is 14.0. The summed E-state index contributed by atoms with van der Waals surface area (Å²) in [5, 5.41) is 3.90. The number of nitrogens with zero attached hydrogens (tertiary/aromatic N) is 1. The van der Waals surface area contributed by atoms with Gasteiger partial charge in [0.05, 0.1) is 7.11 Å². The number of aromatic nitrogens is 1. The highest BCUT2D eigenvalue weighted by atomic mass is 127. The minimum Gasteiger partial charge on any atom is -0.497 e. The molecule has 7 heteroatoms. The van der Waals surface area contributed by atoms with Crippen molar-refractivity contribution < 1.29 is 9.13 Å². The summed E-state index contributed by atoms with van der Waals surface area (Å²) in [5.41, 5.74) is 8.64. The van der Waals surface area contributed by atoms with Crippen molar-refractivity contribution in [2.24, 2.45) is 10.7 Å². The molecule has 132 valence electrons. The van der Waals surface area contributed by atoms with Crippen LogP contribution in [-0.4, -0.2) is 24.6 Å². The molecule has 0 saturated carbocycles. The van der Waals surface area contributed by atoms with Crippen LogP contribution in [0.2, 0.25) is 0 Å². The fourth-order valence-corrected chi connectivity index (χ4v) is 2.54. The molecule has 1 aromatic heterocycles. The van der Waals surface area contributed by atoms with Gasteiger partial charge in [0.25, 0.3) is 0 Å². The van der Waals surface area contributed by atoms with Crippen molar-refractivity contribution in [3.63, 3.8) is 0 Å². The molecule has 4 N–H and O–H groups in total. The number of halogens is 2. The van der Waals surface area contributed by atoms with Gasteiger partial charge in [-0.15, -0.1) is 24.0 Å². The minimum absolute atomic E-state index is 0.